The molecule has 67 heavy (non-hydrogen) atoms. The van der Waals surface area contributed by atoms with Gasteiger partial charge in [0.2, 0.25) is 0 Å². The van der Waals surface area contributed by atoms with Crippen LogP contribution in [0.5, 0.6) is 0 Å². The molecule has 0 radical (unpaired) electrons. The van der Waals surface area contributed by atoms with Crippen LogP contribution < -0.4 is 0 Å². The first-order chi connectivity index (χ1) is 32.9. The van der Waals surface area contributed by atoms with Crippen molar-refractivity contribution in [3.8, 4) is 73.9 Å². The molecule has 0 saturated heterocycles. The fraction of sp³-hybridized carbons (Fsp3) is 0.0492. The second-order valence-electron chi connectivity index (χ2n) is 17.9. The molecule has 9 aromatic carbocycles. The molecule has 12 aromatic rings. The predicted octanol–water partition coefficient (Wildman–Crippen LogP) is 14.9. The molecule has 0 saturated carbocycles. The topological polar surface area (TPSA) is 72.3 Å². The molecule has 6 nitrogen and oxygen atoms in total. The summed E-state index contributed by atoms with van der Waals surface area (Å²) in [5, 5.41) is 15.6. The number of benzene rings is 9. The lowest BCUT2D eigenvalue weighted by atomic mass is 9.82. The van der Waals surface area contributed by atoms with Crippen LogP contribution in [0.4, 0.5) is 0 Å². The highest BCUT2D eigenvalue weighted by Gasteiger charge is 2.35. The lowest BCUT2D eigenvalue weighted by Gasteiger charge is -2.22. The molecule has 314 valence electrons. The average molecular weight is 857 g/mol. The van der Waals surface area contributed by atoms with Crippen LogP contribution in [0.2, 0.25) is 0 Å². The van der Waals surface area contributed by atoms with E-state index in [-0.39, 0.29) is 5.41 Å². The summed E-state index contributed by atoms with van der Waals surface area (Å²) in [7, 11) is 0. The van der Waals surface area contributed by atoms with Crippen molar-refractivity contribution in [2.45, 2.75) is 19.3 Å². The van der Waals surface area contributed by atoms with Gasteiger partial charge in [0.25, 0.3) is 0 Å². The highest BCUT2D eigenvalue weighted by atomic mass is 15.0. The van der Waals surface area contributed by atoms with Gasteiger partial charge in [-0.2, -0.15) is 5.26 Å². The van der Waals surface area contributed by atoms with Crippen molar-refractivity contribution in [2.24, 2.45) is 0 Å². The maximum atomic E-state index is 11.1. The molecule has 0 amide bonds. The van der Waals surface area contributed by atoms with E-state index >= 15 is 0 Å². The minimum Gasteiger partial charge on any atom is -0.309 e. The Morgan fingerprint density at radius 2 is 0.970 bits per heavy atom. The van der Waals surface area contributed by atoms with Crippen LogP contribution >= 0.6 is 0 Å². The van der Waals surface area contributed by atoms with E-state index in [0.29, 0.717) is 23.0 Å². The smallest absolute Gasteiger partial charge is 0.164 e. The minimum absolute atomic E-state index is 0.139. The lowest BCUT2D eigenvalue weighted by Crippen LogP contribution is -2.15. The number of hydrogen-bond donors (Lipinski definition) is 0. The summed E-state index contributed by atoms with van der Waals surface area (Å²) in [6.45, 7) is 4.67. The van der Waals surface area contributed by atoms with Gasteiger partial charge in [-0.15, -0.1) is 0 Å². The van der Waals surface area contributed by atoms with Crippen LogP contribution in [0.1, 0.15) is 30.5 Å². The maximum absolute atomic E-state index is 11.1. The Balaban J connectivity index is 0.998. The molecular weight excluding hydrogens is 817 g/mol. The van der Waals surface area contributed by atoms with Gasteiger partial charge in [-0.25, -0.2) is 15.0 Å². The molecule has 0 bridgehead atoms. The molecule has 3 heterocycles. The van der Waals surface area contributed by atoms with Crippen LogP contribution in [-0.2, 0) is 5.41 Å². The van der Waals surface area contributed by atoms with Crippen molar-refractivity contribution >= 4 is 43.6 Å². The number of hydrogen-bond acceptors (Lipinski definition) is 4. The first kappa shape index (κ1) is 38.5. The Kier molecular flexibility index (Phi) is 8.52. The number of nitriles is 1. The van der Waals surface area contributed by atoms with Gasteiger partial charge in [0.1, 0.15) is 6.07 Å². The minimum atomic E-state index is -0.139. The van der Waals surface area contributed by atoms with Gasteiger partial charge in [0.15, 0.2) is 17.5 Å². The SMILES string of the molecule is CC1(C)c2ccccc2-c2ccc(-n3c4ccccc4c4c3ccc3c5ccccc5n(-c5ccc(-c6nc(-c7ccccc7)nc(-c7ccc(-c8ccccc8)cc7)n6)cc5C#N)c34)cc21. The molecule has 0 unspecified atom stereocenters. The molecule has 6 heteroatoms. The Bertz CT molecular complexity index is 4000. The van der Waals surface area contributed by atoms with Gasteiger partial charge in [-0.1, -0.05) is 172 Å². The van der Waals surface area contributed by atoms with Gasteiger partial charge < -0.3 is 9.13 Å². The monoisotopic (exact) mass is 856 g/mol. The van der Waals surface area contributed by atoms with Crippen molar-refractivity contribution in [3.05, 3.63) is 223 Å². The van der Waals surface area contributed by atoms with E-state index < -0.39 is 0 Å². The molecule has 0 fully saturated rings. The van der Waals surface area contributed by atoms with E-state index in [9.17, 15) is 5.26 Å². The van der Waals surface area contributed by atoms with E-state index in [0.717, 1.165) is 82.8 Å². The molecule has 0 atom stereocenters. The quantitative estimate of drug-likeness (QED) is 0.167. The Morgan fingerprint density at radius 3 is 1.70 bits per heavy atom. The first-order valence-corrected chi connectivity index (χ1v) is 22.7. The molecule has 13 rings (SSSR count). The summed E-state index contributed by atoms with van der Waals surface area (Å²) in [5.74, 6) is 1.61. The number of aromatic nitrogens is 5. The summed E-state index contributed by atoms with van der Waals surface area (Å²) in [6, 6.07) is 74.7. The maximum Gasteiger partial charge on any atom is 0.164 e. The Hall–Kier alpha value is -8.92. The largest absolute Gasteiger partial charge is 0.309 e. The van der Waals surface area contributed by atoms with Gasteiger partial charge >= 0.3 is 0 Å². The summed E-state index contributed by atoms with van der Waals surface area (Å²) in [6.07, 6.45) is 0. The second-order valence-corrected chi connectivity index (χ2v) is 17.9. The van der Waals surface area contributed by atoms with Crippen molar-refractivity contribution < 1.29 is 0 Å². The highest BCUT2D eigenvalue weighted by molar-refractivity contribution is 6.26. The number of para-hydroxylation sites is 2. The molecule has 3 aromatic heterocycles. The van der Waals surface area contributed by atoms with Gasteiger partial charge in [-0.05, 0) is 81.9 Å². The third-order valence-electron chi connectivity index (χ3n) is 13.8. The Labute approximate surface area is 387 Å². The average Bonchev–Trinajstić information content (AvgIpc) is 3.99. The summed E-state index contributed by atoms with van der Waals surface area (Å²) >= 11 is 0. The van der Waals surface area contributed by atoms with Crippen molar-refractivity contribution in [2.75, 3.05) is 0 Å². The number of nitrogens with zero attached hydrogens (tertiary/aromatic N) is 6. The Morgan fingerprint density at radius 1 is 0.418 bits per heavy atom. The lowest BCUT2D eigenvalue weighted by molar-refractivity contribution is 0.660. The summed E-state index contributed by atoms with van der Waals surface area (Å²) in [4.78, 5) is 15.1. The van der Waals surface area contributed by atoms with Gasteiger partial charge in [0.05, 0.1) is 33.3 Å². The highest BCUT2D eigenvalue weighted by Crippen LogP contribution is 2.50. The molecule has 0 spiro atoms. The second kappa shape index (κ2) is 14.8. The summed E-state index contributed by atoms with van der Waals surface area (Å²) < 4.78 is 4.70. The van der Waals surface area contributed by atoms with E-state index in [1.54, 1.807) is 0 Å². The number of fused-ring (bicyclic) bond motifs is 10. The fourth-order valence-corrected chi connectivity index (χ4v) is 10.6. The van der Waals surface area contributed by atoms with Crippen LogP contribution in [0.3, 0.4) is 0 Å². The molecule has 0 aliphatic heterocycles. The van der Waals surface area contributed by atoms with E-state index in [2.05, 4.69) is 175 Å². The zero-order chi connectivity index (χ0) is 44.8. The molecule has 1 aliphatic carbocycles. The van der Waals surface area contributed by atoms with Crippen molar-refractivity contribution in [1.82, 2.24) is 24.1 Å². The third-order valence-corrected chi connectivity index (χ3v) is 13.8. The first-order valence-electron chi connectivity index (χ1n) is 22.7. The summed E-state index contributed by atoms with van der Waals surface area (Å²) in [5.41, 5.74) is 16.6. The van der Waals surface area contributed by atoms with Crippen LogP contribution in [0.15, 0.2) is 206 Å². The van der Waals surface area contributed by atoms with E-state index in [1.165, 1.54) is 22.3 Å². The zero-order valence-electron chi connectivity index (χ0n) is 36.8. The van der Waals surface area contributed by atoms with Gasteiger partial charge in [0, 0.05) is 49.3 Å². The van der Waals surface area contributed by atoms with E-state index in [4.69, 9.17) is 15.0 Å². The molecular formula is C61H40N6. The zero-order valence-corrected chi connectivity index (χ0v) is 36.8. The van der Waals surface area contributed by atoms with Crippen LogP contribution in [0, 0.1) is 11.3 Å². The standard InChI is InChI=1S/C61H40N6/c1-61(2)50-22-12-9-19-45(50)46-31-30-44(36-51(46)61)66-54-24-14-11-21-49(54)56-55(66)34-32-48-47-20-10-13-23-53(47)67(57(48)56)52-33-29-42(35-43(52)37-62)60-64-58(40-17-7-4-8-18-40)63-59(65-60)41-27-25-39(26-28-41)38-15-5-3-6-16-38/h3-36H,1-2H3. The van der Waals surface area contributed by atoms with Crippen molar-refractivity contribution in [3.63, 3.8) is 0 Å². The third kappa shape index (κ3) is 5.92. The van der Waals surface area contributed by atoms with Crippen LogP contribution in [0.25, 0.3) is 111 Å². The molecule has 1 aliphatic rings. The van der Waals surface area contributed by atoms with E-state index in [1.807, 2.05) is 60.7 Å². The fourth-order valence-electron chi connectivity index (χ4n) is 10.6. The van der Waals surface area contributed by atoms with Crippen LogP contribution in [-0.4, -0.2) is 24.1 Å². The predicted molar refractivity (Wildman–Crippen MR) is 273 cm³/mol. The molecule has 0 N–H and O–H groups in total. The normalized spacial score (nSPS) is 12.7. The van der Waals surface area contributed by atoms with Crippen molar-refractivity contribution in [1.29, 1.82) is 5.26 Å². The van der Waals surface area contributed by atoms with Gasteiger partial charge in [-0.3, -0.25) is 0 Å². The number of rotatable bonds is 6.